The number of para-hydroxylation sites is 1. The summed E-state index contributed by atoms with van der Waals surface area (Å²) in [6.45, 7) is 2.74. The van der Waals surface area contributed by atoms with Gasteiger partial charge in [-0.2, -0.15) is 0 Å². The number of nitrogens with one attached hydrogen (secondary N) is 3. The number of benzene rings is 1. The minimum absolute atomic E-state index is 0.171. The van der Waals surface area contributed by atoms with Gasteiger partial charge in [-0.3, -0.25) is 14.4 Å². The predicted molar refractivity (Wildman–Crippen MR) is 130 cm³/mol. The molecule has 1 aromatic heterocycles. The third-order valence-electron chi connectivity index (χ3n) is 6.38. The predicted octanol–water partition coefficient (Wildman–Crippen LogP) is -1.16. The van der Waals surface area contributed by atoms with Gasteiger partial charge in [-0.15, -0.1) is 0 Å². The van der Waals surface area contributed by atoms with Crippen molar-refractivity contribution in [2.75, 3.05) is 6.54 Å². The Balaban J connectivity index is 1.68. The van der Waals surface area contributed by atoms with Gasteiger partial charge in [0.05, 0.1) is 18.2 Å². The summed E-state index contributed by atoms with van der Waals surface area (Å²) in [5, 5.41) is 35.4. The smallest absolute Gasteiger partial charge is 0.326 e. The molecule has 12 nitrogen and oxygen atoms in total. The van der Waals surface area contributed by atoms with Crippen LogP contribution in [0.4, 0.5) is 0 Å². The van der Waals surface area contributed by atoms with Crippen molar-refractivity contribution in [2.45, 2.75) is 69.5 Å². The highest BCUT2D eigenvalue weighted by Crippen LogP contribution is 2.20. The summed E-state index contributed by atoms with van der Waals surface area (Å²) in [4.78, 5) is 54.4. The van der Waals surface area contributed by atoms with E-state index >= 15 is 0 Å². The Morgan fingerprint density at radius 2 is 1.72 bits per heavy atom. The van der Waals surface area contributed by atoms with E-state index in [2.05, 4.69) is 15.6 Å². The molecule has 12 heteroatoms. The molecular formula is C24H33N5O7. The number of fused-ring (bicyclic) bond motifs is 1. The number of rotatable bonds is 10. The van der Waals surface area contributed by atoms with Crippen LogP contribution < -0.4 is 16.4 Å². The first-order chi connectivity index (χ1) is 17.0. The molecule has 0 bridgehead atoms. The summed E-state index contributed by atoms with van der Waals surface area (Å²) in [5.74, 6) is -3.53. The van der Waals surface area contributed by atoms with Crippen molar-refractivity contribution >= 4 is 34.6 Å². The molecule has 1 fully saturated rings. The van der Waals surface area contributed by atoms with Crippen LogP contribution in [0.25, 0.3) is 10.9 Å². The van der Waals surface area contributed by atoms with Crippen molar-refractivity contribution in [1.29, 1.82) is 0 Å². The zero-order chi connectivity index (χ0) is 26.6. The number of H-pyrrole nitrogens is 1. The molecule has 196 valence electrons. The number of likely N-dealkylation sites (tertiary alicyclic amines) is 1. The molecule has 3 amide bonds. The Bertz CT molecular complexity index is 1120. The molecule has 1 aliphatic heterocycles. The van der Waals surface area contributed by atoms with Gasteiger partial charge in [0.15, 0.2) is 0 Å². The number of nitrogens with two attached hydrogens (primary N) is 1. The number of aliphatic hydroxyl groups excluding tert-OH is 2. The SMILES string of the molecule is CC(O)C(NC(=O)C(N)Cc1c[nH]c2ccccc12)C(=O)NC(C(=O)N1CCCC1C(=O)O)C(C)O. The van der Waals surface area contributed by atoms with Crippen LogP contribution in [-0.2, 0) is 25.6 Å². The number of carboxylic acid groups (broad SMARTS) is 1. The zero-order valence-corrected chi connectivity index (χ0v) is 20.2. The van der Waals surface area contributed by atoms with E-state index in [-0.39, 0.29) is 19.4 Å². The zero-order valence-electron chi connectivity index (χ0n) is 20.2. The maximum Gasteiger partial charge on any atom is 0.326 e. The van der Waals surface area contributed by atoms with E-state index in [1.165, 1.54) is 13.8 Å². The molecule has 0 saturated carbocycles. The second-order valence-electron chi connectivity index (χ2n) is 9.15. The van der Waals surface area contributed by atoms with Gasteiger partial charge < -0.3 is 41.6 Å². The third kappa shape index (κ3) is 6.01. The van der Waals surface area contributed by atoms with Gasteiger partial charge in [0.25, 0.3) is 0 Å². The molecular weight excluding hydrogens is 470 g/mol. The van der Waals surface area contributed by atoms with E-state index < -0.39 is 60.1 Å². The van der Waals surface area contributed by atoms with Crippen molar-refractivity contribution < 1.29 is 34.5 Å². The number of aliphatic hydroxyl groups is 2. The van der Waals surface area contributed by atoms with Crippen molar-refractivity contribution in [3.63, 3.8) is 0 Å². The number of aromatic amines is 1. The number of carbonyl (C=O) groups excluding carboxylic acids is 3. The van der Waals surface area contributed by atoms with Crippen LogP contribution in [0.3, 0.4) is 0 Å². The van der Waals surface area contributed by atoms with E-state index in [1.807, 2.05) is 24.3 Å². The van der Waals surface area contributed by atoms with Crippen molar-refractivity contribution in [2.24, 2.45) is 5.73 Å². The molecule has 6 atom stereocenters. The van der Waals surface area contributed by atoms with Crippen LogP contribution in [0, 0.1) is 0 Å². The van der Waals surface area contributed by atoms with Crippen LogP contribution >= 0.6 is 0 Å². The number of nitrogens with zero attached hydrogens (tertiary/aromatic N) is 1. The second kappa shape index (κ2) is 11.5. The van der Waals surface area contributed by atoms with Crippen LogP contribution in [0.2, 0.25) is 0 Å². The number of hydrogen-bond acceptors (Lipinski definition) is 7. The Hall–Kier alpha value is -3.48. The lowest BCUT2D eigenvalue weighted by Crippen LogP contribution is -2.62. The summed E-state index contributed by atoms with van der Waals surface area (Å²) < 4.78 is 0. The number of carbonyl (C=O) groups is 4. The van der Waals surface area contributed by atoms with Gasteiger partial charge >= 0.3 is 5.97 Å². The average Bonchev–Trinajstić information content (AvgIpc) is 3.47. The summed E-state index contributed by atoms with van der Waals surface area (Å²) in [5.41, 5.74) is 7.77. The minimum Gasteiger partial charge on any atom is -0.480 e. The lowest BCUT2D eigenvalue weighted by Gasteiger charge is -2.30. The largest absolute Gasteiger partial charge is 0.480 e. The highest BCUT2D eigenvalue weighted by atomic mass is 16.4. The fraction of sp³-hybridized carbons (Fsp3) is 0.500. The fourth-order valence-corrected chi connectivity index (χ4v) is 4.39. The standard InChI is InChI=1S/C24H33N5O7/c1-12(30)19(27-21(32)16(25)10-14-11-26-17-7-4-3-6-15(14)17)22(33)28-20(13(2)31)23(34)29-9-5-8-18(29)24(35)36/h3-4,6-7,11-13,16,18-20,26,30-31H,5,8-10,25H2,1-2H3,(H,27,32)(H,28,33)(H,35,36). The molecule has 3 rings (SSSR count). The second-order valence-corrected chi connectivity index (χ2v) is 9.15. The first-order valence-corrected chi connectivity index (χ1v) is 11.8. The number of aliphatic carboxylic acids is 1. The minimum atomic E-state index is -1.46. The average molecular weight is 504 g/mol. The monoisotopic (exact) mass is 503 g/mol. The van der Waals surface area contributed by atoms with Gasteiger partial charge in [-0.25, -0.2) is 4.79 Å². The van der Waals surface area contributed by atoms with E-state index in [4.69, 9.17) is 5.73 Å². The van der Waals surface area contributed by atoms with E-state index in [1.54, 1.807) is 6.20 Å². The number of hydrogen-bond donors (Lipinski definition) is 7. The number of amides is 3. The molecule has 0 aliphatic carbocycles. The van der Waals surface area contributed by atoms with Gasteiger partial charge in [-0.05, 0) is 44.7 Å². The van der Waals surface area contributed by atoms with Crippen molar-refractivity contribution in [3.8, 4) is 0 Å². The number of carboxylic acids is 1. The Labute approximate surface area is 207 Å². The van der Waals surface area contributed by atoms with Crippen LogP contribution in [0.15, 0.2) is 30.5 Å². The maximum atomic E-state index is 13.0. The Kier molecular flexibility index (Phi) is 8.66. The lowest BCUT2D eigenvalue weighted by atomic mass is 10.0. The van der Waals surface area contributed by atoms with E-state index in [0.29, 0.717) is 6.42 Å². The summed E-state index contributed by atoms with van der Waals surface area (Å²) in [6.07, 6.45) is -0.0437. The van der Waals surface area contributed by atoms with Crippen LogP contribution in [0.1, 0.15) is 32.3 Å². The molecule has 1 aliphatic rings. The summed E-state index contributed by atoms with van der Waals surface area (Å²) in [7, 11) is 0. The van der Waals surface area contributed by atoms with Gasteiger partial charge in [0.2, 0.25) is 17.7 Å². The first kappa shape index (κ1) is 27.1. The normalized spacial score (nSPS) is 19.8. The van der Waals surface area contributed by atoms with Crippen LogP contribution in [0.5, 0.6) is 0 Å². The molecule has 1 saturated heterocycles. The fourth-order valence-electron chi connectivity index (χ4n) is 4.39. The van der Waals surface area contributed by atoms with Gasteiger partial charge in [-0.1, -0.05) is 18.2 Å². The van der Waals surface area contributed by atoms with E-state index in [0.717, 1.165) is 21.4 Å². The summed E-state index contributed by atoms with van der Waals surface area (Å²) >= 11 is 0. The van der Waals surface area contributed by atoms with Gasteiger partial charge in [0.1, 0.15) is 18.1 Å². The Morgan fingerprint density at radius 1 is 1.08 bits per heavy atom. The highest BCUT2D eigenvalue weighted by Gasteiger charge is 2.40. The number of aromatic nitrogens is 1. The topological polar surface area (TPSA) is 198 Å². The quantitative estimate of drug-likeness (QED) is 0.211. The highest BCUT2D eigenvalue weighted by molar-refractivity contribution is 5.95. The molecule has 36 heavy (non-hydrogen) atoms. The molecule has 0 spiro atoms. The molecule has 0 radical (unpaired) electrons. The van der Waals surface area contributed by atoms with Crippen molar-refractivity contribution in [1.82, 2.24) is 20.5 Å². The molecule has 6 unspecified atom stereocenters. The molecule has 2 heterocycles. The Morgan fingerprint density at radius 3 is 2.36 bits per heavy atom. The molecule has 1 aromatic carbocycles. The lowest BCUT2D eigenvalue weighted by molar-refractivity contribution is -0.151. The molecule has 2 aromatic rings. The van der Waals surface area contributed by atoms with Crippen LogP contribution in [-0.4, -0.2) is 91.8 Å². The van der Waals surface area contributed by atoms with Gasteiger partial charge in [0, 0.05) is 23.6 Å². The maximum absolute atomic E-state index is 13.0. The van der Waals surface area contributed by atoms with Crippen molar-refractivity contribution in [3.05, 3.63) is 36.0 Å². The first-order valence-electron chi connectivity index (χ1n) is 11.8. The molecule has 8 N–H and O–H groups in total. The summed E-state index contributed by atoms with van der Waals surface area (Å²) in [6, 6.07) is 2.50. The third-order valence-corrected chi connectivity index (χ3v) is 6.38. The van der Waals surface area contributed by atoms with E-state index in [9.17, 15) is 34.5 Å².